The first-order valence-corrected chi connectivity index (χ1v) is 4.50. The molecule has 0 fully saturated rings. The van der Waals surface area contributed by atoms with Crippen LogP contribution >= 0.6 is 0 Å². The largest absolute Gasteiger partial charge is 0.353 e. The van der Waals surface area contributed by atoms with Crippen LogP contribution in [0.4, 0.5) is 0 Å². The lowest BCUT2D eigenvalue weighted by molar-refractivity contribution is -0.139. The molecule has 3 heteroatoms. The van der Waals surface area contributed by atoms with Crippen LogP contribution in [0.25, 0.3) is 0 Å². The Bertz CT molecular complexity index is 101. The van der Waals surface area contributed by atoms with E-state index < -0.39 is 0 Å². The van der Waals surface area contributed by atoms with E-state index in [0.717, 1.165) is 19.4 Å². The van der Waals surface area contributed by atoms with Crippen LogP contribution < -0.4 is 0 Å². The summed E-state index contributed by atoms with van der Waals surface area (Å²) in [4.78, 5) is 3.77. The van der Waals surface area contributed by atoms with Crippen LogP contribution in [0.15, 0.2) is 4.99 Å². The highest BCUT2D eigenvalue weighted by Crippen LogP contribution is 2.04. The van der Waals surface area contributed by atoms with Crippen molar-refractivity contribution in [1.29, 1.82) is 0 Å². The number of rotatable bonds is 8. The first-order valence-electron chi connectivity index (χ1n) is 4.50. The van der Waals surface area contributed by atoms with Gasteiger partial charge in [-0.1, -0.05) is 0 Å². The Balaban J connectivity index is 3.40. The molecule has 0 heterocycles. The van der Waals surface area contributed by atoms with Crippen LogP contribution in [0.3, 0.4) is 0 Å². The molecule has 0 aliphatic rings. The minimum absolute atomic E-state index is 0.0539. The zero-order valence-corrected chi connectivity index (χ0v) is 8.08. The first-order chi connectivity index (χ1) is 5.85. The Morgan fingerprint density at radius 3 is 2.25 bits per heavy atom. The van der Waals surface area contributed by atoms with Crippen LogP contribution in [0.1, 0.15) is 26.7 Å². The summed E-state index contributed by atoms with van der Waals surface area (Å²) in [6.07, 6.45) is 1.83. The maximum absolute atomic E-state index is 5.34. The molecule has 0 saturated carbocycles. The molecule has 0 saturated heterocycles. The second-order valence-corrected chi connectivity index (χ2v) is 2.43. The van der Waals surface area contributed by atoms with Gasteiger partial charge in [0.05, 0.1) is 0 Å². The van der Waals surface area contributed by atoms with E-state index in [-0.39, 0.29) is 6.29 Å². The molecule has 0 radical (unpaired) electrons. The molecular formula is C9H19NO2. The molecule has 0 unspecified atom stereocenters. The van der Waals surface area contributed by atoms with Gasteiger partial charge in [-0.2, -0.15) is 0 Å². The first kappa shape index (κ1) is 11.6. The Morgan fingerprint density at radius 1 is 1.25 bits per heavy atom. The van der Waals surface area contributed by atoms with Gasteiger partial charge >= 0.3 is 0 Å². The zero-order chi connectivity index (χ0) is 9.23. The van der Waals surface area contributed by atoms with E-state index in [2.05, 4.69) is 11.7 Å². The van der Waals surface area contributed by atoms with Crippen LogP contribution in [-0.4, -0.2) is 32.8 Å². The Morgan fingerprint density at radius 2 is 1.83 bits per heavy atom. The van der Waals surface area contributed by atoms with E-state index >= 15 is 0 Å². The van der Waals surface area contributed by atoms with E-state index in [9.17, 15) is 0 Å². The van der Waals surface area contributed by atoms with Gasteiger partial charge in [0.2, 0.25) is 0 Å². The van der Waals surface area contributed by atoms with Crippen molar-refractivity contribution in [3.63, 3.8) is 0 Å². The average Bonchev–Trinajstić information content (AvgIpc) is 2.06. The lowest BCUT2D eigenvalue weighted by atomic mass is 10.3. The van der Waals surface area contributed by atoms with Crippen molar-refractivity contribution in [2.24, 2.45) is 4.99 Å². The second-order valence-electron chi connectivity index (χ2n) is 2.43. The molecule has 0 atom stereocenters. The highest BCUT2D eigenvalue weighted by atomic mass is 16.7. The molecule has 0 aliphatic carbocycles. The SMILES string of the molecule is C=NCCCC(OCC)OCC. The van der Waals surface area contributed by atoms with Crippen molar-refractivity contribution in [2.75, 3.05) is 19.8 Å². The predicted octanol–water partition coefficient (Wildman–Crippen LogP) is 1.87. The summed E-state index contributed by atoms with van der Waals surface area (Å²) in [5, 5.41) is 0. The number of ether oxygens (including phenoxy) is 2. The predicted molar refractivity (Wildman–Crippen MR) is 50.7 cm³/mol. The Labute approximate surface area is 74.8 Å². The molecular weight excluding hydrogens is 154 g/mol. The summed E-state index contributed by atoms with van der Waals surface area (Å²) >= 11 is 0. The molecule has 0 N–H and O–H groups in total. The molecule has 0 bridgehead atoms. The van der Waals surface area contributed by atoms with Crippen LogP contribution in [-0.2, 0) is 9.47 Å². The third kappa shape index (κ3) is 6.31. The topological polar surface area (TPSA) is 30.8 Å². The van der Waals surface area contributed by atoms with Crippen molar-refractivity contribution >= 4 is 6.72 Å². The Kier molecular flexibility index (Phi) is 8.39. The number of nitrogens with zero attached hydrogens (tertiary/aromatic N) is 1. The summed E-state index contributed by atoms with van der Waals surface area (Å²) in [5.41, 5.74) is 0. The zero-order valence-electron chi connectivity index (χ0n) is 8.08. The highest BCUT2D eigenvalue weighted by Gasteiger charge is 2.05. The fourth-order valence-corrected chi connectivity index (χ4v) is 0.956. The number of hydrogen-bond acceptors (Lipinski definition) is 3. The van der Waals surface area contributed by atoms with Gasteiger partial charge in [-0.15, -0.1) is 0 Å². The van der Waals surface area contributed by atoms with Crippen LogP contribution in [0.2, 0.25) is 0 Å². The third-order valence-corrected chi connectivity index (χ3v) is 1.46. The minimum Gasteiger partial charge on any atom is -0.353 e. The third-order valence-electron chi connectivity index (χ3n) is 1.46. The van der Waals surface area contributed by atoms with Crippen molar-refractivity contribution < 1.29 is 9.47 Å². The molecule has 3 nitrogen and oxygen atoms in total. The molecule has 0 aromatic heterocycles. The second kappa shape index (κ2) is 8.68. The number of hydrogen-bond donors (Lipinski definition) is 0. The normalized spacial score (nSPS) is 10.6. The van der Waals surface area contributed by atoms with Gasteiger partial charge in [0.25, 0.3) is 0 Å². The summed E-state index contributed by atoms with van der Waals surface area (Å²) < 4.78 is 10.7. The maximum Gasteiger partial charge on any atom is 0.157 e. The summed E-state index contributed by atoms with van der Waals surface area (Å²) in [6.45, 7) is 9.55. The van der Waals surface area contributed by atoms with Gasteiger partial charge in [-0.25, -0.2) is 0 Å². The van der Waals surface area contributed by atoms with E-state index in [1.54, 1.807) is 0 Å². The molecule has 0 aliphatic heterocycles. The fourth-order valence-electron chi connectivity index (χ4n) is 0.956. The van der Waals surface area contributed by atoms with Gasteiger partial charge in [-0.3, -0.25) is 0 Å². The standard InChI is InChI=1S/C9H19NO2/c1-4-11-9(12-5-2)7-6-8-10-3/h9H,3-8H2,1-2H3. The van der Waals surface area contributed by atoms with E-state index in [1.807, 2.05) is 13.8 Å². The average molecular weight is 173 g/mol. The van der Waals surface area contributed by atoms with Gasteiger partial charge in [0.1, 0.15) is 0 Å². The van der Waals surface area contributed by atoms with Gasteiger partial charge in [0, 0.05) is 26.2 Å². The van der Waals surface area contributed by atoms with Crippen LogP contribution in [0.5, 0.6) is 0 Å². The summed E-state index contributed by atoms with van der Waals surface area (Å²) in [5.74, 6) is 0. The Hall–Kier alpha value is -0.410. The van der Waals surface area contributed by atoms with Crippen molar-refractivity contribution in [2.45, 2.75) is 33.0 Å². The summed E-state index contributed by atoms with van der Waals surface area (Å²) in [7, 11) is 0. The molecule has 0 amide bonds. The van der Waals surface area contributed by atoms with Crippen LogP contribution in [0, 0.1) is 0 Å². The highest BCUT2D eigenvalue weighted by molar-refractivity contribution is 5.22. The van der Waals surface area contributed by atoms with E-state index in [0.29, 0.717) is 13.2 Å². The van der Waals surface area contributed by atoms with Crippen molar-refractivity contribution in [3.05, 3.63) is 0 Å². The van der Waals surface area contributed by atoms with Gasteiger partial charge in [0.15, 0.2) is 6.29 Å². The number of aliphatic imine (C=N–C) groups is 1. The smallest absolute Gasteiger partial charge is 0.157 e. The molecule has 12 heavy (non-hydrogen) atoms. The monoisotopic (exact) mass is 173 g/mol. The van der Waals surface area contributed by atoms with Crippen molar-refractivity contribution in [3.8, 4) is 0 Å². The lowest BCUT2D eigenvalue weighted by Gasteiger charge is -2.15. The van der Waals surface area contributed by atoms with Crippen molar-refractivity contribution in [1.82, 2.24) is 0 Å². The van der Waals surface area contributed by atoms with E-state index in [4.69, 9.17) is 9.47 Å². The summed E-state index contributed by atoms with van der Waals surface area (Å²) in [6, 6.07) is 0. The molecule has 0 aromatic rings. The molecule has 72 valence electrons. The lowest BCUT2D eigenvalue weighted by Crippen LogP contribution is -2.17. The molecule has 0 aromatic carbocycles. The fraction of sp³-hybridized carbons (Fsp3) is 0.889. The van der Waals surface area contributed by atoms with E-state index in [1.165, 1.54) is 0 Å². The molecule has 0 spiro atoms. The minimum atomic E-state index is -0.0539. The van der Waals surface area contributed by atoms with Gasteiger partial charge < -0.3 is 14.5 Å². The quantitative estimate of drug-likeness (QED) is 0.319. The molecule has 0 rings (SSSR count). The van der Waals surface area contributed by atoms with Gasteiger partial charge in [-0.05, 0) is 27.0 Å². The maximum atomic E-state index is 5.34.